The number of anilines is 1. The minimum Gasteiger partial charge on any atom is -0.385 e. The highest BCUT2D eigenvalue weighted by atomic mass is 35.5. The van der Waals surface area contributed by atoms with Gasteiger partial charge in [0, 0.05) is 11.5 Å². The minimum atomic E-state index is -1.61. The standard InChI is InChI=1S/C13H17ClN8O3/c1-3-16-9-7-10(20-12(14)19-9)22(5-17-7)11-8(23)13(2,24)6(25-11)4-18-21-15/h5-6,8,11,23-24H,3-4H2,1-2H3,(H,16,19,20)/t6-,8+,11-,13+/m1/s1. The lowest BCUT2D eigenvalue weighted by Gasteiger charge is -2.25. The third-order valence-corrected chi connectivity index (χ3v) is 4.32. The Morgan fingerprint density at radius 3 is 3.00 bits per heavy atom. The van der Waals surface area contributed by atoms with Crippen LogP contribution in [0.1, 0.15) is 20.1 Å². The Labute approximate surface area is 147 Å². The van der Waals surface area contributed by atoms with Gasteiger partial charge in [0.15, 0.2) is 23.2 Å². The van der Waals surface area contributed by atoms with Gasteiger partial charge in [0.2, 0.25) is 5.28 Å². The molecule has 3 N–H and O–H groups in total. The first-order valence-electron chi connectivity index (χ1n) is 7.60. The van der Waals surface area contributed by atoms with Crippen LogP contribution in [-0.4, -0.2) is 60.6 Å². The number of azide groups is 1. The van der Waals surface area contributed by atoms with E-state index in [1.807, 2.05) is 6.92 Å². The lowest BCUT2D eigenvalue weighted by atomic mass is 9.94. The number of halogens is 1. The first kappa shape index (κ1) is 17.6. The summed E-state index contributed by atoms with van der Waals surface area (Å²) in [6, 6.07) is 0. The third-order valence-electron chi connectivity index (χ3n) is 4.15. The monoisotopic (exact) mass is 368 g/mol. The van der Waals surface area contributed by atoms with Gasteiger partial charge in [0.1, 0.15) is 11.7 Å². The van der Waals surface area contributed by atoms with Gasteiger partial charge in [-0.2, -0.15) is 9.97 Å². The molecular formula is C13H17ClN8O3. The van der Waals surface area contributed by atoms with Crippen molar-refractivity contribution in [2.75, 3.05) is 18.4 Å². The van der Waals surface area contributed by atoms with Crippen LogP contribution in [0.3, 0.4) is 0 Å². The molecule has 0 radical (unpaired) electrons. The molecule has 3 heterocycles. The molecule has 0 aliphatic carbocycles. The van der Waals surface area contributed by atoms with Crippen LogP contribution in [0.15, 0.2) is 11.4 Å². The SMILES string of the molecule is CCNc1nc(Cl)nc2c1ncn2[C@@H]1O[C@H](CN=[N+]=[N-])[C@](C)(O)[C@H]1O. The number of ether oxygens (including phenoxy) is 1. The van der Waals surface area contributed by atoms with Crippen molar-refractivity contribution < 1.29 is 14.9 Å². The molecule has 11 nitrogen and oxygen atoms in total. The maximum absolute atomic E-state index is 10.5. The number of aliphatic hydroxyl groups excluding tert-OH is 1. The number of hydrogen-bond donors (Lipinski definition) is 3. The summed E-state index contributed by atoms with van der Waals surface area (Å²) in [5, 5.41) is 27.5. The zero-order chi connectivity index (χ0) is 18.2. The van der Waals surface area contributed by atoms with Crippen molar-refractivity contribution in [3.05, 3.63) is 22.1 Å². The Hall–Kier alpha value is -2.17. The molecule has 1 saturated heterocycles. The van der Waals surface area contributed by atoms with E-state index in [2.05, 4.69) is 30.3 Å². The van der Waals surface area contributed by atoms with E-state index in [9.17, 15) is 10.2 Å². The average Bonchev–Trinajstić information content (AvgIpc) is 3.06. The molecule has 0 amide bonds. The number of nitrogens with zero attached hydrogens (tertiary/aromatic N) is 7. The van der Waals surface area contributed by atoms with Crippen molar-refractivity contribution in [3.63, 3.8) is 0 Å². The highest BCUT2D eigenvalue weighted by Crippen LogP contribution is 2.38. The lowest BCUT2D eigenvalue weighted by Crippen LogP contribution is -2.45. The number of nitrogens with one attached hydrogen (secondary N) is 1. The van der Waals surface area contributed by atoms with Crippen molar-refractivity contribution >= 4 is 28.6 Å². The van der Waals surface area contributed by atoms with Gasteiger partial charge in [-0.25, -0.2) is 4.98 Å². The first-order chi connectivity index (χ1) is 11.9. The molecule has 3 rings (SSSR count). The Kier molecular flexibility index (Phi) is 4.67. The Bertz CT molecular complexity index is 834. The van der Waals surface area contributed by atoms with Gasteiger partial charge in [-0.05, 0) is 31.0 Å². The van der Waals surface area contributed by atoms with Crippen LogP contribution in [0.5, 0.6) is 0 Å². The number of aliphatic hydroxyl groups is 2. The zero-order valence-electron chi connectivity index (χ0n) is 13.5. The maximum Gasteiger partial charge on any atom is 0.226 e. The molecule has 0 spiro atoms. The second kappa shape index (κ2) is 6.62. The molecule has 2 aromatic rings. The molecule has 1 aliphatic rings. The highest BCUT2D eigenvalue weighted by molar-refractivity contribution is 6.28. The highest BCUT2D eigenvalue weighted by Gasteiger charge is 2.52. The van der Waals surface area contributed by atoms with E-state index in [4.69, 9.17) is 21.9 Å². The van der Waals surface area contributed by atoms with Crippen molar-refractivity contribution in [2.24, 2.45) is 5.11 Å². The Balaban J connectivity index is 2.03. The molecule has 0 saturated carbocycles. The molecule has 0 bridgehead atoms. The van der Waals surface area contributed by atoms with Gasteiger partial charge in [-0.3, -0.25) is 4.57 Å². The molecule has 1 fully saturated rings. The summed E-state index contributed by atoms with van der Waals surface area (Å²) in [7, 11) is 0. The normalized spacial score (nSPS) is 28.9. The second-order valence-corrected chi connectivity index (χ2v) is 6.13. The topological polar surface area (TPSA) is 154 Å². The fourth-order valence-electron chi connectivity index (χ4n) is 2.78. The van der Waals surface area contributed by atoms with Crippen LogP contribution in [0.4, 0.5) is 5.82 Å². The second-order valence-electron chi connectivity index (χ2n) is 5.80. The molecule has 0 unspecified atom stereocenters. The first-order valence-corrected chi connectivity index (χ1v) is 7.98. The molecule has 2 aromatic heterocycles. The van der Waals surface area contributed by atoms with E-state index in [1.54, 1.807) is 0 Å². The van der Waals surface area contributed by atoms with E-state index >= 15 is 0 Å². The average molecular weight is 369 g/mol. The van der Waals surface area contributed by atoms with Crippen molar-refractivity contribution in [1.82, 2.24) is 19.5 Å². The summed E-state index contributed by atoms with van der Waals surface area (Å²) in [6.07, 6.45) is -1.72. The van der Waals surface area contributed by atoms with Crippen LogP contribution in [0, 0.1) is 0 Å². The quantitative estimate of drug-likeness (QED) is 0.310. The number of hydrogen-bond acceptors (Lipinski definition) is 8. The summed E-state index contributed by atoms with van der Waals surface area (Å²) in [5.74, 6) is 0.459. The number of fused-ring (bicyclic) bond motifs is 1. The zero-order valence-corrected chi connectivity index (χ0v) is 14.3. The van der Waals surface area contributed by atoms with Crippen LogP contribution in [-0.2, 0) is 4.74 Å². The molecule has 134 valence electrons. The van der Waals surface area contributed by atoms with Crippen molar-refractivity contribution in [3.8, 4) is 0 Å². The van der Waals surface area contributed by atoms with E-state index in [0.717, 1.165) is 0 Å². The number of imidazole rings is 1. The van der Waals surface area contributed by atoms with E-state index in [1.165, 1.54) is 17.8 Å². The van der Waals surface area contributed by atoms with E-state index in [0.29, 0.717) is 23.5 Å². The Morgan fingerprint density at radius 1 is 1.56 bits per heavy atom. The van der Waals surface area contributed by atoms with Gasteiger partial charge in [0.25, 0.3) is 0 Å². The fraction of sp³-hybridized carbons (Fsp3) is 0.615. The predicted molar refractivity (Wildman–Crippen MR) is 89.1 cm³/mol. The largest absolute Gasteiger partial charge is 0.385 e. The molecule has 4 atom stereocenters. The summed E-state index contributed by atoms with van der Waals surface area (Å²) in [5.41, 5.74) is 7.66. The van der Waals surface area contributed by atoms with Gasteiger partial charge >= 0.3 is 0 Å². The Morgan fingerprint density at radius 2 is 2.32 bits per heavy atom. The number of aromatic nitrogens is 4. The summed E-state index contributed by atoms with van der Waals surface area (Å²) < 4.78 is 7.19. The summed E-state index contributed by atoms with van der Waals surface area (Å²) in [6.45, 7) is 3.81. The molecule has 1 aliphatic heterocycles. The van der Waals surface area contributed by atoms with Crippen LogP contribution >= 0.6 is 11.6 Å². The molecule has 25 heavy (non-hydrogen) atoms. The number of rotatable bonds is 5. The lowest BCUT2D eigenvalue weighted by molar-refractivity contribution is -0.0600. The molecule has 12 heteroatoms. The van der Waals surface area contributed by atoms with Gasteiger partial charge in [0.05, 0.1) is 19.0 Å². The van der Waals surface area contributed by atoms with Gasteiger partial charge in [-0.1, -0.05) is 5.11 Å². The summed E-state index contributed by atoms with van der Waals surface area (Å²) in [4.78, 5) is 15.2. The molecular weight excluding hydrogens is 352 g/mol. The van der Waals surface area contributed by atoms with Crippen LogP contribution < -0.4 is 5.32 Å². The van der Waals surface area contributed by atoms with Crippen molar-refractivity contribution in [1.29, 1.82) is 0 Å². The van der Waals surface area contributed by atoms with E-state index in [-0.39, 0.29) is 11.8 Å². The van der Waals surface area contributed by atoms with Gasteiger partial charge in [-0.15, -0.1) is 0 Å². The fourth-order valence-corrected chi connectivity index (χ4v) is 2.95. The van der Waals surface area contributed by atoms with Crippen LogP contribution in [0.2, 0.25) is 5.28 Å². The smallest absolute Gasteiger partial charge is 0.226 e. The summed E-state index contributed by atoms with van der Waals surface area (Å²) >= 11 is 5.97. The third kappa shape index (κ3) is 2.96. The predicted octanol–water partition coefficient (Wildman–Crippen LogP) is 1.23. The molecule has 0 aromatic carbocycles. The van der Waals surface area contributed by atoms with Crippen LogP contribution in [0.25, 0.3) is 21.6 Å². The van der Waals surface area contributed by atoms with Gasteiger partial charge < -0.3 is 20.3 Å². The maximum atomic E-state index is 10.5. The van der Waals surface area contributed by atoms with Crippen molar-refractivity contribution in [2.45, 2.75) is 37.9 Å². The van der Waals surface area contributed by atoms with E-state index < -0.39 is 24.0 Å². The minimum absolute atomic E-state index is 0.00933.